The molecule has 0 aliphatic carbocycles. The number of carbonyl (C=O) groups is 2. The summed E-state index contributed by atoms with van der Waals surface area (Å²) in [6.45, 7) is 4.14. The Morgan fingerprint density at radius 2 is 1.65 bits per heavy atom. The van der Waals surface area contributed by atoms with Crippen molar-refractivity contribution < 1.29 is 22.7 Å². The van der Waals surface area contributed by atoms with Crippen molar-refractivity contribution in [3.05, 3.63) is 18.0 Å². The van der Waals surface area contributed by atoms with Crippen LogP contribution in [0, 0.1) is 5.92 Å². The van der Waals surface area contributed by atoms with Gasteiger partial charge in [-0.3, -0.25) is 9.59 Å². The number of amides is 2. The average molecular weight is 453 g/mol. The molecule has 9 nitrogen and oxygen atoms in total. The van der Waals surface area contributed by atoms with Gasteiger partial charge in [-0.05, 0) is 31.7 Å². The Balaban J connectivity index is 1.44. The molecular formula is C21H32N4O5S. The molecule has 3 saturated heterocycles. The molecule has 0 saturated carbocycles. The first-order valence-electron chi connectivity index (χ1n) is 11.3. The molecule has 1 aromatic rings. The lowest BCUT2D eigenvalue weighted by molar-refractivity contribution is -0.140. The number of aromatic nitrogens is 1. The van der Waals surface area contributed by atoms with Crippen molar-refractivity contribution in [1.82, 2.24) is 19.1 Å². The SMILES string of the molecule is O=C(c1cc(S(=O)(=O)N2CCC[C@@H](C(=O)N3CCOCC3)C2)c[nH]1)N1CCCCCC1. The second-order valence-corrected chi connectivity index (χ2v) is 10.5. The zero-order valence-electron chi connectivity index (χ0n) is 17.9. The van der Waals surface area contributed by atoms with Gasteiger partial charge in [-0.15, -0.1) is 0 Å². The molecule has 31 heavy (non-hydrogen) atoms. The van der Waals surface area contributed by atoms with Gasteiger partial charge >= 0.3 is 0 Å². The van der Waals surface area contributed by atoms with E-state index in [1.54, 1.807) is 9.80 Å². The summed E-state index contributed by atoms with van der Waals surface area (Å²) in [6.07, 6.45) is 6.92. The molecule has 10 heteroatoms. The Labute approximate surface area is 183 Å². The molecule has 1 aromatic heterocycles. The van der Waals surface area contributed by atoms with Gasteiger partial charge in [0.1, 0.15) is 10.6 Å². The molecule has 3 fully saturated rings. The number of piperidine rings is 1. The van der Waals surface area contributed by atoms with Crippen LogP contribution in [0.5, 0.6) is 0 Å². The van der Waals surface area contributed by atoms with E-state index in [0.717, 1.165) is 25.7 Å². The summed E-state index contributed by atoms with van der Waals surface area (Å²) in [5.74, 6) is -0.476. The Bertz CT molecular complexity index is 885. The fraction of sp³-hybridized carbons (Fsp3) is 0.714. The molecule has 3 aliphatic heterocycles. The summed E-state index contributed by atoms with van der Waals surface area (Å²) in [5.41, 5.74) is 0.304. The third kappa shape index (κ3) is 4.96. The van der Waals surface area contributed by atoms with Gasteiger partial charge in [-0.1, -0.05) is 12.8 Å². The van der Waals surface area contributed by atoms with Crippen molar-refractivity contribution >= 4 is 21.8 Å². The van der Waals surface area contributed by atoms with Crippen LogP contribution in [0.2, 0.25) is 0 Å². The van der Waals surface area contributed by atoms with Gasteiger partial charge in [0.05, 0.1) is 19.1 Å². The van der Waals surface area contributed by atoms with Crippen LogP contribution in [0.1, 0.15) is 49.0 Å². The summed E-state index contributed by atoms with van der Waals surface area (Å²) in [7, 11) is -3.77. The molecule has 1 N–H and O–H groups in total. The number of nitrogens with zero attached hydrogens (tertiary/aromatic N) is 3. The van der Waals surface area contributed by atoms with Gasteiger partial charge in [-0.25, -0.2) is 8.42 Å². The van der Waals surface area contributed by atoms with E-state index < -0.39 is 10.0 Å². The Hall–Kier alpha value is -1.91. The number of H-pyrrole nitrogens is 1. The first-order chi connectivity index (χ1) is 15.0. The van der Waals surface area contributed by atoms with E-state index in [-0.39, 0.29) is 29.2 Å². The van der Waals surface area contributed by atoms with Gasteiger partial charge in [0.25, 0.3) is 5.91 Å². The summed E-state index contributed by atoms with van der Waals surface area (Å²) >= 11 is 0. The van der Waals surface area contributed by atoms with E-state index in [4.69, 9.17) is 4.74 Å². The molecular weight excluding hydrogens is 420 g/mol. The lowest BCUT2D eigenvalue weighted by Gasteiger charge is -2.35. The van der Waals surface area contributed by atoms with Crippen LogP contribution in [0.3, 0.4) is 0 Å². The van der Waals surface area contributed by atoms with Crippen LogP contribution in [0.4, 0.5) is 0 Å². The highest BCUT2D eigenvalue weighted by Crippen LogP contribution is 2.26. The minimum atomic E-state index is -3.77. The summed E-state index contributed by atoms with van der Waals surface area (Å²) < 4.78 is 33.2. The van der Waals surface area contributed by atoms with Crippen LogP contribution < -0.4 is 0 Å². The number of aromatic amines is 1. The largest absolute Gasteiger partial charge is 0.378 e. The number of ether oxygens (including phenoxy) is 1. The fourth-order valence-electron chi connectivity index (χ4n) is 4.64. The first kappa shape index (κ1) is 22.3. The molecule has 0 radical (unpaired) electrons. The summed E-state index contributed by atoms with van der Waals surface area (Å²) in [6, 6.07) is 1.44. The van der Waals surface area contributed by atoms with Gasteiger partial charge in [0, 0.05) is 45.5 Å². The molecule has 0 spiro atoms. The highest BCUT2D eigenvalue weighted by Gasteiger charge is 2.36. The third-order valence-electron chi connectivity index (χ3n) is 6.47. The number of carbonyl (C=O) groups excluding carboxylic acids is 2. The van der Waals surface area contributed by atoms with E-state index >= 15 is 0 Å². The van der Waals surface area contributed by atoms with Crippen molar-refractivity contribution in [1.29, 1.82) is 0 Å². The number of rotatable bonds is 4. The minimum absolute atomic E-state index is 0.00861. The standard InChI is InChI=1S/C21H32N4O5S/c26-20(24-10-12-30-13-11-24)17-6-5-9-25(16-17)31(28,29)18-14-19(22-15-18)21(27)23-7-3-1-2-4-8-23/h14-15,17,22H,1-13,16H2/t17-/m1/s1. The average Bonchev–Trinajstić information content (AvgIpc) is 3.16. The van der Waals surface area contributed by atoms with Crippen molar-refractivity contribution in [2.45, 2.75) is 43.4 Å². The lowest BCUT2D eigenvalue weighted by Crippen LogP contribution is -2.49. The Morgan fingerprint density at radius 3 is 2.35 bits per heavy atom. The maximum Gasteiger partial charge on any atom is 0.270 e. The summed E-state index contributed by atoms with van der Waals surface area (Å²) in [5, 5.41) is 0. The molecule has 3 aliphatic rings. The van der Waals surface area contributed by atoms with Crippen LogP contribution in [-0.4, -0.2) is 91.8 Å². The fourth-order valence-corrected chi connectivity index (χ4v) is 6.16. The van der Waals surface area contributed by atoms with Gasteiger partial charge in [-0.2, -0.15) is 4.31 Å². The topological polar surface area (TPSA) is 103 Å². The zero-order chi connectivity index (χ0) is 21.8. The first-order valence-corrected chi connectivity index (χ1v) is 12.8. The monoisotopic (exact) mass is 452 g/mol. The quantitative estimate of drug-likeness (QED) is 0.742. The predicted molar refractivity (Wildman–Crippen MR) is 114 cm³/mol. The van der Waals surface area contributed by atoms with Crippen molar-refractivity contribution in [2.24, 2.45) is 5.92 Å². The molecule has 4 heterocycles. The number of nitrogens with one attached hydrogen (secondary N) is 1. The van der Waals surface area contributed by atoms with Gasteiger partial charge in [0.2, 0.25) is 15.9 Å². The van der Waals surface area contributed by atoms with Gasteiger partial charge in [0.15, 0.2) is 0 Å². The zero-order valence-corrected chi connectivity index (χ0v) is 18.7. The van der Waals surface area contributed by atoms with E-state index in [1.807, 2.05) is 0 Å². The van der Waals surface area contributed by atoms with Crippen LogP contribution in [-0.2, 0) is 19.6 Å². The maximum absolute atomic E-state index is 13.2. The number of hydrogen-bond acceptors (Lipinski definition) is 5. The van der Waals surface area contributed by atoms with E-state index in [2.05, 4.69) is 4.98 Å². The smallest absolute Gasteiger partial charge is 0.270 e. The predicted octanol–water partition coefficient (Wildman–Crippen LogP) is 1.29. The summed E-state index contributed by atoms with van der Waals surface area (Å²) in [4.78, 5) is 32.2. The Morgan fingerprint density at radius 1 is 0.935 bits per heavy atom. The molecule has 0 aromatic carbocycles. The number of sulfonamides is 1. The van der Waals surface area contributed by atoms with Crippen LogP contribution >= 0.6 is 0 Å². The van der Waals surface area contributed by atoms with Crippen molar-refractivity contribution in [3.63, 3.8) is 0 Å². The minimum Gasteiger partial charge on any atom is -0.378 e. The lowest BCUT2D eigenvalue weighted by atomic mass is 9.98. The maximum atomic E-state index is 13.2. The normalized spacial score (nSPS) is 24.1. The number of hydrogen-bond donors (Lipinski definition) is 1. The molecule has 0 bridgehead atoms. The molecule has 2 amide bonds. The van der Waals surface area contributed by atoms with E-state index in [1.165, 1.54) is 16.6 Å². The number of morpholine rings is 1. The van der Waals surface area contributed by atoms with E-state index in [0.29, 0.717) is 64.5 Å². The molecule has 1 atom stereocenters. The van der Waals surface area contributed by atoms with Crippen LogP contribution in [0.25, 0.3) is 0 Å². The third-order valence-corrected chi connectivity index (χ3v) is 8.32. The highest BCUT2D eigenvalue weighted by molar-refractivity contribution is 7.89. The van der Waals surface area contributed by atoms with Crippen molar-refractivity contribution in [2.75, 3.05) is 52.5 Å². The van der Waals surface area contributed by atoms with E-state index in [9.17, 15) is 18.0 Å². The second-order valence-electron chi connectivity index (χ2n) is 8.60. The van der Waals surface area contributed by atoms with Crippen LogP contribution in [0.15, 0.2) is 17.2 Å². The van der Waals surface area contributed by atoms with Gasteiger partial charge < -0.3 is 19.5 Å². The number of likely N-dealkylation sites (tertiary alicyclic amines) is 1. The Kier molecular flexibility index (Phi) is 6.98. The van der Waals surface area contributed by atoms with Crippen molar-refractivity contribution in [3.8, 4) is 0 Å². The highest BCUT2D eigenvalue weighted by atomic mass is 32.2. The molecule has 172 valence electrons. The molecule has 4 rings (SSSR count). The second kappa shape index (κ2) is 9.70. The molecule has 0 unspecified atom stereocenters.